The number of primary sulfonamides is 1. The highest BCUT2D eigenvalue weighted by Gasteiger charge is 2.27. The second kappa shape index (κ2) is 6.54. The normalized spacial score (nSPS) is 11.8. The number of ether oxygens (including phenoxy) is 2. The van der Waals surface area contributed by atoms with Gasteiger partial charge in [0.05, 0.1) is 24.3 Å². The Morgan fingerprint density at radius 2 is 1.81 bits per heavy atom. The summed E-state index contributed by atoms with van der Waals surface area (Å²) in [6, 6.07) is 3.42. The van der Waals surface area contributed by atoms with Gasteiger partial charge in [0.2, 0.25) is 11.8 Å². The van der Waals surface area contributed by atoms with Crippen LogP contribution in [0.1, 0.15) is 5.56 Å². The molecule has 0 aliphatic rings. The Bertz CT molecular complexity index is 1130. The Hall–Kier alpha value is -2.14. The Morgan fingerprint density at radius 1 is 1.12 bits per heavy atom. The van der Waals surface area contributed by atoms with Gasteiger partial charge < -0.3 is 9.47 Å². The number of sulfonamides is 1. The summed E-state index contributed by atoms with van der Waals surface area (Å²) in [5.74, 6) is 0.0899. The van der Waals surface area contributed by atoms with Crippen molar-refractivity contribution in [1.29, 1.82) is 0 Å². The van der Waals surface area contributed by atoms with Gasteiger partial charge >= 0.3 is 0 Å². The number of nitrogens with two attached hydrogens (primary N) is 1. The van der Waals surface area contributed by atoms with Gasteiger partial charge in [-0.1, -0.05) is 29.3 Å². The first-order valence-electron chi connectivity index (χ1n) is 7.05. The van der Waals surface area contributed by atoms with Gasteiger partial charge in [-0.25, -0.2) is 13.6 Å². The predicted octanol–water partition coefficient (Wildman–Crippen LogP) is 2.07. The number of hydrogen-bond donors (Lipinski definition) is 1. The standard InChI is InChI=1S/C14H13Cl2N5O4S/c1-6-4-5-7(15)8(10(6)16)9-11(24-2)18-13-19-14(26(17,22)23)20-21(13)12(9)25-3/h4-5H,1-3H3,(H2,17,22,23). The molecule has 0 unspecified atom stereocenters. The first-order chi connectivity index (χ1) is 12.2. The minimum absolute atomic E-state index is 0.0774. The number of benzene rings is 1. The lowest BCUT2D eigenvalue weighted by atomic mass is 10.0. The number of aromatic nitrogens is 4. The average molecular weight is 418 g/mol. The van der Waals surface area contributed by atoms with Crippen molar-refractivity contribution < 1.29 is 17.9 Å². The smallest absolute Gasteiger partial charge is 0.284 e. The Balaban J connectivity index is 2.48. The largest absolute Gasteiger partial charge is 0.480 e. The van der Waals surface area contributed by atoms with Crippen LogP contribution in [0.2, 0.25) is 10.0 Å². The van der Waals surface area contributed by atoms with E-state index in [1.54, 1.807) is 12.1 Å². The van der Waals surface area contributed by atoms with E-state index in [1.165, 1.54) is 14.2 Å². The summed E-state index contributed by atoms with van der Waals surface area (Å²) >= 11 is 12.8. The molecule has 0 radical (unpaired) electrons. The summed E-state index contributed by atoms with van der Waals surface area (Å²) in [6.45, 7) is 1.81. The molecule has 0 amide bonds. The fourth-order valence-corrected chi connectivity index (χ4v) is 3.36. The number of methoxy groups -OCH3 is 2. The van der Waals surface area contributed by atoms with E-state index in [0.717, 1.165) is 10.1 Å². The van der Waals surface area contributed by atoms with Crippen molar-refractivity contribution in [2.24, 2.45) is 5.14 Å². The van der Waals surface area contributed by atoms with Crippen molar-refractivity contribution in [2.75, 3.05) is 14.2 Å². The van der Waals surface area contributed by atoms with Gasteiger partial charge in [-0.3, -0.25) is 0 Å². The van der Waals surface area contributed by atoms with E-state index in [4.69, 9.17) is 37.8 Å². The van der Waals surface area contributed by atoms with E-state index in [2.05, 4.69) is 15.1 Å². The highest BCUT2D eigenvalue weighted by Crippen LogP contribution is 2.45. The molecule has 2 aromatic heterocycles. The lowest BCUT2D eigenvalue weighted by molar-refractivity contribution is 0.368. The fraction of sp³-hybridized carbons (Fsp3) is 0.214. The Morgan fingerprint density at radius 3 is 2.38 bits per heavy atom. The summed E-state index contributed by atoms with van der Waals surface area (Å²) in [4.78, 5) is 7.97. The molecule has 2 N–H and O–H groups in total. The molecule has 3 rings (SSSR count). The molecule has 26 heavy (non-hydrogen) atoms. The number of aryl methyl sites for hydroxylation is 1. The van der Waals surface area contributed by atoms with Crippen LogP contribution < -0.4 is 14.6 Å². The molecule has 0 bridgehead atoms. The van der Waals surface area contributed by atoms with Crippen LogP contribution in [0.15, 0.2) is 17.3 Å². The maximum Gasteiger partial charge on any atom is 0.284 e. The van der Waals surface area contributed by atoms with Crippen molar-refractivity contribution in [2.45, 2.75) is 12.1 Å². The molecule has 0 aliphatic heterocycles. The highest BCUT2D eigenvalue weighted by atomic mass is 35.5. The highest BCUT2D eigenvalue weighted by molar-refractivity contribution is 7.89. The quantitative estimate of drug-likeness (QED) is 0.688. The first kappa shape index (κ1) is 18.6. The van der Waals surface area contributed by atoms with Gasteiger partial charge in [-0.2, -0.15) is 14.5 Å². The molecule has 9 nitrogen and oxygen atoms in total. The zero-order valence-electron chi connectivity index (χ0n) is 13.8. The maximum atomic E-state index is 11.6. The van der Waals surface area contributed by atoms with E-state index < -0.39 is 15.2 Å². The van der Waals surface area contributed by atoms with E-state index >= 15 is 0 Å². The Labute approximate surface area is 158 Å². The van der Waals surface area contributed by atoms with Gasteiger partial charge in [0, 0.05) is 5.56 Å². The second-order valence-electron chi connectivity index (χ2n) is 5.21. The van der Waals surface area contributed by atoms with E-state index in [-0.39, 0.29) is 17.5 Å². The van der Waals surface area contributed by atoms with Crippen LogP contribution in [0, 0.1) is 6.92 Å². The minimum atomic E-state index is -4.14. The second-order valence-corrected chi connectivity index (χ2v) is 7.45. The summed E-state index contributed by atoms with van der Waals surface area (Å²) in [5.41, 5.74) is 1.47. The maximum absolute atomic E-state index is 11.6. The molecule has 1 aromatic carbocycles. The van der Waals surface area contributed by atoms with Gasteiger partial charge in [0.1, 0.15) is 5.56 Å². The van der Waals surface area contributed by atoms with Crippen LogP contribution in [-0.2, 0) is 10.0 Å². The van der Waals surface area contributed by atoms with Crippen molar-refractivity contribution in [3.05, 3.63) is 27.7 Å². The van der Waals surface area contributed by atoms with Gasteiger partial charge in [-0.15, -0.1) is 5.10 Å². The zero-order chi connectivity index (χ0) is 19.2. The fourth-order valence-electron chi connectivity index (χ4n) is 2.39. The molecular weight excluding hydrogens is 405 g/mol. The molecule has 138 valence electrons. The van der Waals surface area contributed by atoms with E-state index in [9.17, 15) is 8.42 Å². The summed E-state index contributed by atoms with van der Waals surface area (Å²) in [6.07, 6.45) is 0. The van der Waals surface area contributed by atoms with Gasteiger partial charge in [-0.05, 0) is 18.6 Å². The molecule has 0 saturated carbocycles. The van der Waals surface area contributed by atoms with Crippen LogP contribution in [0.4, 0.5) is 0 Å². The van der Waals surface area contributed by atoms with E-state index in [0.29, 0.717) is 21.2 Å². The van der Waals surface area contributed by atoms with Crippen molar-refractivity contribution in [3.8, 4) is 22.9 Å². The Kier molecular flexibility index (Phi) is 4.69. The predicted molar refractivity (Wildman–Crippen MR) is 95.5 cm³/mol. The van der Waals surface area contributed by atoms with Crippen LogP contribution in [-0.4, -0.2) is 42.2 Å². The average Bonchev–Trinajstić information content (AvgIpc) is 3.01. The van der Waals surface area contributed by atoms with Crippen LogP contribution in [0.5, 0.6) is 11.8 Å². The number of halogens is 2. The van der Waals surface area contributed by atoms with Gasteiger partial charge in [0.15, 0.2) is 0 Å². The third kappa shape index (κ3) is 2.94. The van der Waals surface area contributed by atoms with E-state index in [1.807, 2.05) is 6.92 Å². The van der Waals surface area contributed by atoms with Crippen molar-refractivity contribution >= 4 is 39.0 Å². The molecule has 2 heterocycles. The lowest BCUT2D eigenvalue weighted by Crippen LogP contribution is -2.14. The summed E-state index contributed by atoms with van der Waals surface area (Å²) in [5, 5.41) is 9.03. The first-order valence-corrected chi connectivity index (χ1v) is 9.35. The van der Waals surface area contributed by atoms with Crippen molar-refractivity contribution in [1.82, 2.24) is 19.6 Å². The van der Waals surface area contributed by atoms with Crippen molar-refractivity contribution in [3.63, 3.8) is 0 Å². The molecule has 12 heteroatoms. The molecular formula is C14H13Cl2N5O4S. The number of rotatable bonds is 4. The molecule has 0 atom stereocenters. The molecule has 0 spiro atoms. The topological polar surface area (TPSA) is 122 Å². The number of nitrogens with zero attached hydrogens (tertiary/aromatic N) is 4. The van der Waals surface area contributed by atoms with Crippen LogP contribution >= 0.6 is 23.2 Å². The number of hydrogen-bond acceptors (Lipinski definition) is 7. The minimum Gasteiger partial charge on any atom is -0.480 e. The molecule has 3 aromatic rings. The van der Waals surface area contributed by atoms with Crippen LogP contribution in [0.25, 0.3) is 16.9 Å². The number of fused-ring (bicyclic) bond motifs is 1. The lowest BCUT2D eigenvalue weighted by Gasteiger charge is -2.16. The molecule has 0 aliphatic carbocycles. The van der Waals surface area contributed by atoms with Crippen LogP contribution in [0.3, 0.4) is 0 Å². The monoisotopic (exact) mass is 417 g/mol. The summed E-state index contributed by atoms with van der Waals surface area (Å²) < 4.78 is 35.0. The molecule has 0 saturated heterocycles. The third-order valence-corrected chi connectivity index (χ3v) is 5.05. The zero-order valence-corrected chi connectivity index (χ0v) is 16.1. The summed E-state index contributed by atoms with van der Waals surface area (Å²) in [7, 11) is -1.39. The third-order valence-electron chi connectivity index (χ3n) is 3.57. The SMILES string of the molecule is COc1nc2nc(S(N)(=O)=O)nn2c(OC)c1-c1c(Cl)ccc(C)c1Cl. The van der Waals surface area contributed by atoms with Gasteiger partial charge in [0.25, 0.3) is 21.0 Å². The molecule has 0 fully saturated rings.